The molecule has 3 saturated heterocycles. The van der Waals surface area contributed by atoms with Crippen molar-refractivity contribution in [1.29, 1.82) is 0 Å². The van der Waals surface area contributed by atoms with Crippen LogP contribution >= 0.6 is 0 Å². The van der Waals surface area contributed by atoms with Gasteiger partial charge in [0.15, 0.2) is 0 Å². The van der Waals surface area contributed by atoms with Crippen molar-refractivity contribution in [3.8, 4) is 0 Å². The Morgan fingerprint density at radius 1 is 0.364 bits per heavy atom. The summed E-state index contributed by atoms with van der Waals surface area (Å²) in [5.74, 6) is 7.44. The summed E-state index contributed by atoms with van der Waals surface area (Å²) in [5.41, 5.74) is 12.2. The highest BCUT2D eigenvalue weighted by atomic mass is 16.3. The summed E-state index contributed by atoms with van der Waals surface area (Å²) in [6.45, 7) is 31.6. The molecule has 4 aromatic carbocycles. The molecule has 736 valence electrons. The normalized spacial score (nSPS) is 15.7. The van der Waals surface area contributed by atoms with E-state index in [1.54, 1.807) is 49.3 Å². The number of carbonyl (C=O) groups excluding carboxylic acids is 7. The number of benzene rings is 4. The fourth-order valence-electron chi connectivity index (χ4n) is 18.9. The number of aliphatic hydroxyl groups excluding tert-OH is 1. The average molecular weight is 1900 g/mol. The monoisotopic (exact) mass is 1900 g/mol. The fraction of sp³-hybridized carbons (Fsp3) is 0.447. The van der Waals surface area contributed by atoms with Crippen LogP contribution in [-0.4, -0.2) is 242 Å². The zero-order valence-corrected chi connectivity index (χ0v) is 82.6. The number of aromatic nitrogens is 13. The van der Waals surface area contributed by atoms with Gasteiger partial charge in [-0.05, 0) is 194 Å². The molecule has 8 N–H and O–H groups in total. The molecule has 37 heteroatoms. The minimum Gasteiger partial charge on any atom is -0.393 e. The molecule has 7 amide bonds. The number of H-pyrrole nitrogens is 1. The third kappa shape index (κ3) is 23.8. The number of nitrogens with zero attached hydrogens (tertiary/aromatic N) is 22. The Hall–Kier alpha value is -14.3. The molecule has 8 aliphatic rings. The molecule has 140 heavy (non-hydrogen) atoms. The summed E-state index contributed by atoms with van der Waals surface area (Å²) < 4.78 is 0. The van der Waals surface area contributed by atoms with Gasteiger partial charge in [0, 0.05) is 206 Å². The summed E-state index contributed by atoms with van der Waals surface area (Å²) in [5, 5.41) is 36.4. The van der Waals surface area contributed by atoms with Crippen LogP contribution in [0.3, 0.4) is 0 Å². The second kappa shape index (κ2) is 46.4. The summed E-state index contributed by atoms with van der Waals surface area (Å²) in [7, 11) is 4.22. The van der Waals surface area contributed by atoms with Gasteiger partial charge in [0.05, 0.1) is 61.8 Å². The highest BCUT2D eigenvalue weighted by Gasteiger charge is 2.40. The summed E-state index contributed by atoms with van der Waals surface area (Å²) >= 11 is 0. The van der Waals surface area contributed by atoms with Gasteiger partial charge in [-0.2, -0.15) is 30.0 Å². The number of piperazine rings is 2. The lowest BCUT2D eigenvalue weighted by molar-refractivity contribution is -0.118. The highest BCUT2D eigenvalue weighted by molar-refractivity contribution is 6.04. The number of anilines is 18. The average Bonchev–Trinajstić information content (AvgIpc) is 1.65. The molecule has 0 bridgehead atoms. The highest BCUT2D eigenvalue weighted by Crippen LogP contribution is 2.39. The van der Waals surface area contributed by atoms with Crippen LogP contribution in [0.2, 0.25) is 0 Å². The number of hydrogen-bond donors (Lipinski definition) is 8. The van der Waals surface area contributed by atoms with Crippen LogP contribution in [0.15, 0.2) is 147 Å². The molecule has 37 nitrogen and oxygen atoms in total. The number of aliphatic hydroxyl groups is 1. The number of hydrogen-bond acceptors (Lipinski definition) is 29. The third-order valence-corrected chi connectivity index (χ3v) is 27.1. The van der Waals surface area contributed by atoms with Crippen molar-refractivity contribution in [2.75, 3.05) is 146 Å². The van der Waals surface area contributed by atoms with E-state index in [9.17, 15) is 38.7 Å². The second-order valence-corrected chi connectivity index (χ2v) is 36.5. The van der Waals surface area contributed by atoms with E-state index < -0.39 is 0 Å². The fourth-order valence-corrected chi connectivity index (χ4v) is 18.9. The van der Waals surface area contributed by atoms with Crippen LogP contribution in [0.5, 0.6) is 0 Å². The molecule has 19 rings (SSSR count). The predicted octanol–water partition coefficient (Wildman–Crippen LogP) is 14.8. The molecule has 0 saturated carbocycles. The molecule has 15 heterocycles. The minimum absolute atomic E-state index is 0.0627. The van der Waals surface area contributed by atoms with Crippen LogP contribution in [0, 0.1) is 0 Å². The third-order valence-electron chi connectivity index (χ3n) is 27.1. The smallest absolute Gasteiger partial charge is 0.253 e. The first-order valence-electron chi connectivity index (χ1n) is 49.4. The SMILES string of the molecule is CCC(CC)N1C(=O)Cc2cnc(Nc3ccc(C(=O)N4CCN(C)CC4)cc3)nc21.CCC(CC)N1C(=O)Cc2cnc(Nc3ccc(N4CCC(O)CC4)cc3)nc21.CCC(CC)N1C(=O)Cc2cnc(Nc3ccc(N4CCN(C)CC4)nc3)nc21.CCC(CC)N1C(=O)Cc2cnc(Nc3ccc(NC(C)=O)cc3)nc21.CCC(CC)N1C(=O)Cc2cnc(Nc3ccc4[nH]ncc4c3)nc21. The maximum Gasteiger partial charge on any atom is 0.253 e. The zero-order chi connectivity index (χ0) is 98.8. The quantitative estimate of drug-likeness (QED) is 0.0216. The molecule has 8 aliphatic heterocycles. The van der Waals surface area contributed by atoms with Gasteiger partial charge in [0.2, 0.25) is 65.2 Å². The van der Waals surface area contributed by atoms with E-state index >= 15 is 0 Å². The molecule has 3 fully saturated rings. The van der Waals surface area contributed by atoms with E-state index in [2.05, 4.69) is 212 Å². The molecular formula is C103H131N29O8. The second-order valence-electron chi connectivity index (χ2n) is 36.5. The van der Waals surface area contributed by atoms with Gasteiger partial charge >= 0.3 is 0 Å². The molecule has 0 aliphatic carbocycles. The Bertz CT molecular complexity index is 5980. The van der Waals surface area contributed by atoms with Gasteiger partial charge in [-0.1, -0.05) is 69.2 Å². The summed E-state index contributed by atoms with van der Waals surface area (Å²) in [6.07, 6.45) is 24.6. The molecule has 7 aromatic heterocycles. The number of amides is 7. The number of rotatable bonds is 29. The number of pyridine rings is 1. The van der Waals surface area contributed by atoms with Crippen LogP contribution in [-0.2, 0) is 60.9 Å². The number of carbonyl (C=O) groups is 7. The standard InChI is InChI=1S/C23H30N6O2.C22H29N5O2.C21H29N7O.C19H23N5O2.C18H20N6O/c1-4-19(5-2)29-20(30)14-17-15-24-23(26-21(17)29)25-18-8-6-16(7-9-18)22(31)28-12-10-27(3)11-13-28;1-3-17(4-2)27-20(29)13-15-14-23-22(25-21(15)27)24-16-5-7-18(8-6-16)26-11-9-19(28)10-12-26;1-4-17(5-2)28-19(29)12-15-13-23-21(25-20(15)28)24-16-6-7-18(22-14-16)27-10-8-26(3)9-11-27;1-4-16(5-2)24-17(26)10-13-11-20-19(23-18(13)24)22-15-8-6-14(7-9-15)21-12(3)25;1-3-14(4-2)24-16(25)8-12-9-19-18(22-17(12)24)21-13-5-6-15-11(7-13)10-20-23-15/h6-9,15,19H,4-5,10-14H2,1-3H3,(H,24,25,26);5-8,14,17,19,28H,3-4,9-13H2,1-2H3,(H,23,24,25);6-7,13-14,17H,4-5,8-12H2,1-3H3,(H,23,24,25);6-9,11,16H,4-5,10H2,1-3H3,(H,21,25)(H,20,22,23);5-7,9-10,14H,3-4,8H2,1-2H3,(H,20,23)(H,19,21,22). The lowest BCUT2D eigenvalue weighted by Crippen LogP contribution is -2.47. The summed E-state index contributed by atoms with van der Waals surface area (Å²) in [4.78, 5) is 156. The van der Waals surface area contributed by atoms with Gasteiger partial charge in [-0.3, -0.25) is 63.2 Å². The molecule has 11 aromatic rings. The van der Waals surface area contributed by atoms with Crippen molar-refractivity contribution >= 4 is 157 Å². The molecule has 0 atom stereocenters. The zero-order valence-electron chi connectivity index (χ0n) is 82.6. The Balaban J connectivity index is 0.000000133. The van der Waals surface area contributed by atoms with Gasteiger partial charge < -0.3 is 61.5 Å². The van der Waals surface area contributed by atoms with Gasteiger partial charge in [0.1, 0.15) is 34.9 Å². The van der Waals surface area contributed by atoms with E-state index in [1.165, 1.54) is 6.92 Å². The number of nitrogens with one attached hydrogen (secondary N) is 7. The number of fused-ring (bicyclic) bond motifs is 6. The predicted molar refractivity (Wildman–Crippen MR) is 549 cm³/mol. The lowest BCUT2D eigenvalue weighted by atomic mass is 10.1. The van der Waals surface area contributed by atoms with Crippen molar-refractivity contribution < 1.29 is 38.7 Å². The topological polar surface area (TPSA) is 415 Å². The number of aromatic amines is 1. The Morgan fingerprint density at radius 3 is 1.04 bits per heavy atom. The molecule has 0 unspecified atom stereocenters. The van der Waals surface area contributed by atoms with Crippen molar-refractivity contribution in [1.82, 2.24) is 79.7 Å². The first-order valence-corrected chi connectivity index (χ1v) is 49.4. The largest absolute Gasteiger partial charge is 0.393 e. The van der Waals surface area contributed by atoms with Gasteiger partial charge in [-0.15, -0.1) is 0 Å². The van der Waals surface area contributed by atoms with Gasteiger partial charge in [0.25, 0.3) is 5.91 Å². The summed E-state index contributed by atoms with van der Waals surface area (Å²) in [6, 6.07) is 33.6. The van der Waals surface area contributed by atoms with E-state index in [1.807, 2.05) is 114 Å². The number of likely N-dealkylation sites (N-methyl/N-ethyl adjacent to an activating group) is 2. The molecule has 0 spiro atoms. The Labute approximate surface area is 818 Å². The minimum atomic E-state index is -0.171. The van der Waals surface area contributed by atoms with E-state index in [4.69, 9.17) is 0 Å². The molecular weight excluding hydrogens is 1770 g/mol. The van der Waals surface area contributed by atoms with Gasteiger partial charge in [-0.25, -0.2) is 29.9 Å². The number of piperidine rings is 1. The van der Waals surface area contributed by atoms with Crippen LogP contribution < -0.4 is 66.2 Å². The van der Waals surface area contributed by atoms with Crippen molar-refractivity contribution in [3.63, 3.8) is 0 Å². The first kappa shape index (κ1) is 100. The lowest BCUT2D eigenvalue weighted by Gasteiger charge is -2.33. The van der Waals surface area contributed by atoms with E-state index in [0.717, 1.165) is 244 Å². The Morgan fingerprint density at radius 2 is 0.686 bits per heavy atom. The van der Waals surface area contributed by atoms with E-state index in [0.29, 0.717) is 79.0 Å². The maximum atomic E-state index is 12.7. The Kier molecular flexibility index (Phi) is 33.2. The van der Waals surface area contributed by atoms with Crippen molar-refractivity contribution in [3.05, 3.63) is 180 Å². The van der Waals surface area contributed by atoms with Crippen molar-refractivity contribution in [2.45, 2.75) is 222 Å². The molecule has 0 radical (unpaired) electrons. The van der Waals surface area contributed by atoms with E-state index in [-0.39, 0.29) is 77.7 Å². The van der Waals surface area contributed by atoms with Crippen molar-refractivity contribution in [2.24, 2.45) is 0 Å². The van der Waals surface area contributed by atoms with Crippen LogP contribution in [0.4, 0.5) is 104 Å². The maximum absolute atomic E-state index is 12.7. The van der Waals surface area contributed by atoms with Crippen LogP contribution in [0.25, 0.3) is 10.9 Å². The van der Waals surface area contributed by atoms with Crippen LogP contribution in [0.1, 0.15) is 191 Å². The first-order chi connectivity index (χ1) is 67.9.